The second-order valence-electron chi connectivity index (χ2n) is 6.39. The molecular weight excluding hydrogens is 386 g/mol. The fourth-order valence-corrected chi connectivity index (χ4v) is 5.10. The first-order valence-electron chi connectivity index (χ1n) is 8.14. The van der Waals surface area contributed by atoms with Gasteiger partial charge in [-0.2, -0.15) is 0 Å². The van der Waals surface area contributed by atoms with Crippen LogP contribution in [-0.4, -0.2) is 28.5 Å². The van der Waals surface area contributed by atoms with Gasteiger partial charge < -0.3 is 9.64 Å². The standard InChI is InChI=1S/C20H17NO4S.ClH/c1-21(2)17-11-5-10-14-13(17)9-6-12-18(14)26(23,24)20-16-8-4-3-7-15(16)19(22)25-20;/h3-12,20H,1-2H3;1H. The van der Waals surface area contributed by atoms with Crippen LogP contribution in [0, 0.1) is 0 Å². The number of rotatable bonds is 3. The number of anilines is 1. The number of cyclic esters (lactones) is 1. The molecule has 4 rings (SSSR count). The first kappa shape index (κ1) is 19.2. The van der Waals surface area contributed by atoms with Gasteiger partial charge in [-0.1, -0.05) is 42.5 Å². The van der Waals surface area contributed by atoms with Gasteiger partial charge in [-0.25, -0.2) is 13.2 Å². The molecule has 5 nitrogen and oxygen atoms in total. The molecule has 1 unspecified atom stereocenters. The summed E-state index contributed by atoms with van der Waals surface area (Å²) in [6, 6.07) is 17.3. The Balaban J connectivity index is 0.00000210. The van der Waals surface area contributed by atoms with Gasteiger partial charge in [0.2, 0.25) is 15.3 Å². The van der Waals surface area contributed by atoms with Gasteiger partial charge in [-0.05, 0) is 18.2 Å². The molecule has 1 aliphatic rings. The van der Waals surface area contributed by atoms with Crippen LogP contribution in [0.4, 0.5) is 5.69 Å². The van der Waals surface area contributed by atoms with Crippen LogP contribution in [-0.2, 0) is 14.6 Å². The molecule has 0 fully saturated rings. The molecule has 0 N–H and O–H groups in total. The third-order valence-corrected chi connectivity index (χ3v) is 6.46. The number of fused-ring (bicyclic) bond motifs is 2. The summed E-state index contributed by atoms with van der Waals surface area (Å²) < 4.78 is 31.9. The number of esters is 1. The minimum Gasteiger partial charge on any atom is -0.437 e. The van der Waals surface area contributed by atoms with Crippen LogP contribution in [0.1, 0.15) is 21.4 Å². The summed E-state index contributed by atoms with van der Waals surface area (Å²) in [5.41, 5.74) is 0.289. The number of benzene rings is 3. The maximum absolute atomic E-state index is 13.3. The van der Waals surface area contributed by atoms with Crippen molar-refractivity contribution in [3.05, 3.63) is 71.8 Å². The van der Waals surface area contributed by atoms with Gasteiger partial charge in [0.25, 0.3) is 0 Å². The molecule has 0 saturated heterocycles. The Labute approximate surface area is 163 Å². The van der Waals surface area contributed by atoms with E-state index >= 15 is 0 Å². The Bertz CT molecular complexity index is 1140. The van der Waals surface area contributed by atoms with Gasteiger partial charge in [0, 0.05) is 36.1 Å². The Morgan fingerprint density at radius 3 is 2.30 bits per heavy atom. The van der Waals surface area contributed by atoms with Crippen LogP contribution in [0.2, 0.25) is 0 Å². The van der Waals surface area contributed by atoms with Gasteiger partial charge in [-0.15, -0.1) is 12.4 Å². The van der Waals surface area contributed by atoms with Crippen LogP contribution in [0.3, 0.4) is 0 Å². The third kappa shape index (κ3) is 2.95. The first-order chi connectivity index (χ1) is 12.4. The smallest absolute Gasteiger partial charge is 0.340 e. The van der Waals surface area contributed by atoms with E-state index in [1.54, 1.807) is 42.5 Å². The minimum atomic E-state index is -3.92. The number of hydrogen-bond donors (Lipinski definition) is 0. The van der Waals surface area contributed by atoms with Crippen LogP contribution >= 0.6 is 12.4 Å². The van der Waals surface area contributed by atoms with E-state index in [4.69, 9.17) is 4.74 Å². The largest absolute Gasteiger partial charge is 0.437 e. The number of carbonyl (C=O) groups excluding carboxylic acids is 1. The van der Waals surface area contributed by atoms with Crippen molar-refractivity contribution in [1.82, 2.24) is 0 Å². The second kappa shape index (κ2) is 6.87. The highest BCUT2D eigenvalue weighted by Gasteiger charge is 2.41. The van der Waals surface area contributed by atoms with Crippen molar-refractivity contribution in [1.29, 1.82) is 0 Å². The molecule has 7 heteroatoms. The molecule has 3 aromatic carbocycles. The highest BCUT2D eigenvalue weighted by Crippen LogP contribution is 2.40. The number of halogens is 1. The minimum absolute atomic E-state index is 0. The van der Waals surface area contributed by atoms with E-state index in [1.165, 1.54) is 0 Å². The van der Waals surface area contributed by atoms with E-state index in [2.05, 4.69) is 0 Å². The van der Waals surface area contributed by atoms with Gasteiger partial charge in [-0.3, -0.25) is 0 Å². The fourth-order valence-electron chi connectivity index (χ4n) is 3.36. The van der Waals surface area contributed by atoms with Crippen molar-refractivity contribution in [2.75, 3.05) is 19.0 Å². The van der Waals surface area contributed by atoms with Crippen molar-refractivity contribution < 1.29 is 17.9 Å². The van der Waals surface area contributed by atoms with Crippen molar-refractivity contribution >= 4 is 44.7 Å². The molecule has 140 valence electrons. The number of ether oxygens (including phenoxy) is 1. The fraction of sp³-hybridized carbons (Fsp3) is 0.150. The predicted octanol–water partition coefficient (Wildman–Crippen LogP) is 3.97. The summed E-state index contributed by atoms with van der Waals surface area (Å²) in [5.74, 6) is -0.608. The van der Waals surface area contributed by atoms with Gasteiger partial charge >= 0.3 is 5.97 Å². The molecule has 0 spiro atoms. The van der Waals surface area contributed by atoms with E-state index in [9.17, 15) is 13.2 Å². The molecule has 3 aromatic rings. The molecule has 0 bridgehead atoms. The molecular formula is C20H18ClNO4S. The topological polar surface area (TPSA) is 63.7 Å². The Kier molecular flexibility index (Phi) is 4.88. The summed E-state index contributed by atoms with van der Waals surface area (Å²) in [7, 11) is -0.100. The Hall–Kier alpha value is -2.57. The van der Waals surface area contributed by atoms with Gasteiger partial charge in [0.15, 0.2) is 0 Å². The molecule has 0 aromatic heterocycles. The zero-order chi connectivity index (χ0) is 18.5. The number of sulfone groups is 1. The summed E-state index contributed by atoms with van der Waals surface area (Å²) in [5, 5.41) is 1.44. The zero-order valence-corrected chi connectivity index (χ0v) is 16.4. The van der Waals surface area contributed by atoms with Crippen molar-refractivity contribution in [2.24, 2.45) is 0 Å². The van der Waals surface area contributed by atoms with E-state index in [-0.39, 0.29) is 17.3 Å². The lowest BCUT2D eigenvalue weighted by Gasteiger charge is -2.18. The average Bonchev–Trinajstić information content (AvgIpc) is 2.98. The Morgan fingerprint density at radius 1 is 0.889 bits per heavy atom. The molecule has 1 heterocycles. The molecule has 0 amide bonds. The number of hydrogen-bond acceptors (Lipinski definition) is 5. The molecule has 1 atom stereocenters. The average molecular weight is 404 g/mol. The van der Waals surface area contributed by atoms with Crippen molar-refractivity contribution in [2.45, 2.75) is 10.3 Å². The van der Waals surface area contributed by atoms with Crippen LogP contribution in [0.5, 0.6) is 0 Å². The quantitative estimate of drug-likeness (QED) is 0.619. The third-order valence-electron chi connectivity index (χ3n) is 4.58. The normalized spacial score (nSPS) is 15.8. The summed E-state index contributed by atoms with van der Waals surface area (Å²) in [6.07, 6.45) is 0. The summed E-state index contributed by atoms with van der Waals surface area (Å²) in [4.78, 5) is 14.2. The number of nitrogens with zero attached hydrogens (tertiary/aromatic N) is 1. The maximum Gasteiger partial charge on any atom is 0.340 e. The molecule has 0 aliphatic carbocycles. The highest BCUT2D eigenvalue weighted by atomic mass is 35.5. The number of carbonyl (C=O) groups is 1. The van der Waals surface area contributed by atoms with Crippen LogP contribution in [0.15, 0.2) is 65.6 Å². The predicted molar refractivity (Wildman–Crippen MR) is 107 cm³/mol. The molecule has 1 aliphatic heterocycles. The molecule has 0 saturated carbocycles. The van der Waals surface area contributed by atoms with Crippen molar-refractivity contribution in [3.8, 4) is 0 Å². The summed E-state index contributed by atoms with van der Waals surface area (Å²) in [6.45, 7) is 0. The zero-order valence-electron chi connectivity index (χ0n) is 14.7. The van der Waals surface area contributed by atoms with Gasteiger partial charge in [0.1, 0.15) is 0 Å². The van der Waals surface area contributed by atoms with Crippen LogP contribution < -0.4 is 4.90 Å². The van der Waals surface area contributed by atoms with Crippen molar-refractivity contribution in [3.63, 3.8) is 0 Å². The lowest BCUT2D eigenvalue weighted by atomic mass is 10.1. The maximum atomic E-state index is 13.3. The first-order valence-corrected chi connectivity index (χ1v) is 9.69. The second-order valence-corrected chi connectivity index (χ2v) is 8.35. The monoisotopic (exact) mass is 403 g/mol. The summed E-state index contributed by atoms with van der Waals surface area (Å²) >= 11 is 0. The van der Waals surface area contributed by atoms with Crippen LogP contribution in [0.25, 0.3) is 10.8 Å². The van der Waals surface area contributed by atoms with Gasteiger partial charge in [0.05, 0.1) is 10.5 Å². The van der Waals surface area contributed by atoms with E-state index in [0.717, 1.165) is 11.1 Å². The Morgan fingerprint density at radius 2 is 1.56 bits per heavy atom. The highest BCUT2D eigenvalue weighted by molar-refractivity contribution is 7.91. The molecule has 0 radical (unpaired) electrons. The van der Waals surface area contributed by atoms with E-state index in [0.29, 0.717) is 16.5 Å². The molecule has 27 heavy (non-hydrogen) atoms. The SMILES string of the molecule is CN(C)c1cccc2c(S(=O)(=O)C3OC(=O)c4ccccc43)cccc12.Cl. The lowest BCUT2D eigenvalue weighted by Crippen LogP contribution is -2.15. The lowest BCUT2D eigenvalue weighted by molar-refractivity contribution is 0.0508. The van der Waals surface area contributed by atoms with E-state index in [1.807, 2.05) is 37.2 Å². The van der Waals surface area contributed by atoms with E-state index < -0.39 is 21.2 Å².